The summed E-state index contributed by atoms with van der Waals surface area (Å²) < 4.78 is 48.3. The predicted octanol–water partition coefficient (Wildman–Crippen LogP) is 5.24. The molecule has 0 aliphatic rings. The topological polar surface area (TPSA) is 106 Å². The lowest BCUT2D eigenvalue weighted by Crippen LogP contribution is -2.42. The minimum absolute atomic E-state index is 0.331. The Morgan fingerprint density at radius 1 is 0.947 bits per heavy atom. The minimum atomic E-state index is -4.44. The van der Waals surface area contributed by atoms with Crippen LogP contribution in [-0.2, 0) is 16.4 Å². The third-order valence-electron chi connectivity index (χ3n) is 5.92. The molecule has 0 saturated carbocycles. The van der Waals surface area contributed by atoms with E-state index >= 15 is 0 Å². The standard InChI is InChI=1S/C28H23FN4O4S/c29-24-8-4-5-9-26(24)38(35,36)32-28(34)31-25(18-20-6-2-1-3-7-20)27-30-15-16-33(27)23-12-10-21(11-13-23)22-14-17-37-19-22/h1-17,19,25H,18H2,(H2,31,32,34). The summed E-state index contributed by atoms with van der Waals surface area (Å²) in [6, 6.07) is 22.1. The van der Waals surface area contributed by atoms with Crippen LogP contribution in [0.1, 0.15) is 17.4 Å². The van der Waals surface area contributed by atoms with Crippen molar-refractivity contribution >= 4 is 16.1 Å². The summed E-state index contributed by atoms with van der Waals surface area (Å²) in [7, 11) is -4.44. The zero-order valence-corrected chi connectivity index (χ0v) is 20.8. The fourth-order valence-electron chi connectivity index (χ4n) is 4.12. The number of carbonyl (C=O) groups is 1. The van der Waals surface area contributed by atoms with Crippen LogP contribution in [0.3, 0.4) is 0 Å². The van der Waals surface area contributed by atoms with Crippen molar-refractivity contribution in [3.63, 3.8) is 0 Å². The average Bonchev–Trinajstić information content (AvgIpc) is 3.62. The molecule has 2 heterocycles. The number of hydrogen-bond acceptors (Lipinski definition) is 5. The second kappa shape index (κ2) is 10.7. The van der Waals surface area contributed by atoms with Crippen LogP contribution >= 0.6 is 0 Å². The van der Waals surface area contributed by atoms with Crippen molar-refractivity contribution in [2.45, 2.75) is 17.4 Å². The second-order valence-corrected chi connectivity index (χ2v) is 10.1. The first-order valence-electron chi connectivity index (χ1n) is 11.7. The van der Waals surface area contributed by atoms with Gasteiger partial charge in [-0.1, -0.05) is 54.6 Å². The Morgan fingerprint density at radius 3 is 2.39 bits per heavy atom. The number of sulfonamides is 1. The zero-order valence-electron chi connectivity index (χ0n) is 20.0. The van der Waals surface area contributed by atoms with Gasteiger partial charge in [-0.15, -0.1) is 0 Å². The summed E-state index contributed by atoms with van der Waals surface area (Å²) in [5, 5.41) is 2.71. The van der Waals surface area contributed by atoms with E-state index in [1.54, 1.807) is 24.9 Å². The number of halogens is 1. The number of furan rings is 1. The number of aromatic nitrogens is 2. The minimum Gasteiger partial charge on any atom is -0.472 e. The van der Waals surface area contributed by atoms with Crippen LogP contribution < -0.4 is 10.0 Å². The second-order valence-electron chi connectivity index (χ2n) is 8.47. The first kappa shape index (κ1) is 25.0. The summed E-state index contributed by atoms with van der Waals surface area (Å²) in [4.78, 5) is 16.8. The number of urea groups is 1. The zero-order chi connectivity index (χ0) is 26.5. The molecule has 2 aromatic heterocycles. The summed E-state index contributed by atoms with van der Waals surface area (Å²) in [5.74, 6) is -0.466. The van der Waals surface area contributed by atoms with Gasteiger partial charge in [0.2, 0.25) is 0 Å². The third-order valence-corrected chi connectivity index (χ3v) is 7.29. The lowest BCUT2D eigenvalue weighted by atomic mass is 10.0. The Bertz CT molecular complexity index is 1630. The first-order valence-corrected chi connectivity index (χ1v) is 13.2. The molecule has 0 spiro atoms. The molecule has 8 nitrogen and oxygen atoms in total. The Kier molecular flexibility index (Phi) is 7.05. The quantitative estimate of drug-likeness (QED) is 0.285. The van der Waals surface area contributed by atoms with Crippen LogP contribution in [0.4, 0.5) is 9.18 Å². The number of imidazole rings is 1. The number of carbonyl (C=O) groups excluding carboxylic acids is 1. The van der Waals surface area contributed by atoms with Gasteiger partial charge in [0.25, 0.3) is 10.0 Å². The number of rotatable bonds is 8. The first-order chi connectivity index (χ1) is 18.4. The maximum atomic E-state index is 14.1. The highest BCUT2D eigenvalue weighted by molar-refractivity contribution is 7.90. The van der Waals surface area contributed by atoms with Crippen molar-refractivity contribution in [2.75, 3.05) is 0 Å². The Balaban J connectivity index is 1.43. The monoisotopic (exact) mass is 530 g/mol. The smallest absolute Gasteiger partial charge is 0.329 e. The SMILES string of the molecule is O=C(NC(Cc1ccccc1)c1nccn1-c1ccc(-c2ccoc2)cc1)NS(=O)(=O)c1ccccc1F. The highest BCUT2D eigenvalue weighted by Gasteiger charge is 2.25. The maximum Gasteiger partial charge on any atom is 0.329 e. The van der Waals surface area contributed by atoms with Crippen LogP contribution in [0.2, 0.25) is 0 Å². The Labute approximate surface area is 218 Å². The van der Waals surface area contributed by atoms with Gasteiger partial charge < -0.3 is 14.3 Å². The maximum absolute atomic E-state index is 14.1. The number of hydrogen-bond donors (Lipinski definition) is 2. The van der Waals surface area contributed by atoms with Gasteiger partial charge in [-0.3, -0.25) is 0 Å². The summed E-state index contributed by atoms with van der Waals surface area (Å²) in [5.41, 5.74) is 3.61. The van der Waals surface area contributed by atoms with E-state index in [2.05, 4.69) is 10.3 Å². The molecule has 5 rings (SSSR count). The highest BCUT2D eigenvalue weighted by atomic mass is 32.2. The molecular formula is C28H23FN4O4S. The molecule has 0 saturated heterocycles. The summed E-state index contributed by atoms with van der Waals surface area (Å²) in [6.45, 7) is 0. The van der Waals surface area contributed by atoms with Gasteiger partial charge in [0.15, 0.2) is 0 Å². The number of nitrogens with zero attached hydrogens (tertiary/aromatic N) is 2. The average molecular weight is 531 g/mol. The van der Waals surface area contributed by atoms with Crippen LogP contribution in [0, 0.1) is 5.82 Å². The van der Waals surface area contributed by atoms with Gasteiger partial charge in [0, 0.05) is 23.6 Å². The Morgan fingerprint density at radius 2 is 1.68 bits per heavy atom. The van der Waals surface area contributed by atoms with Crippen LogP contribution in [-0.4, -0.2) is 24.0 Å². The molecule has 3 aromatic carbocycles. The molecule has 38 heavy (non-hydrogen) atoms. The molecule has 1 unspecified atom stereocenters. The molecule has 0 bridgehead atoms. The van der Waals surface area contributed by atoms with Gasteiger partial charge in [-0.2, -0.15) is 0 Å². The van der Waals surface area contributed by atoms with Gasteiger partial charge in [0.05, 0.1) is 18.6 Å². The summed E-state index contributed by atoms with van der Waals surface area (Å²) in [6.07, 6.45) is 6.96. The van der Waals surface area contributed by atoms with Crippen molar-refractivity contribution < 1.29 is 22.0 Å². The highest BCUT2D eigenvalue weighted by Crippen LogP contribution is 2.25. The molecule has 5 aromatic rings. The lowest BCUT2D eigenvalue weighted by molar-refractivity contribution is 0.241. The van der Waals surface area contributed by atoms with Crippen molar-refractivity contribution in [3.05, 3.63) is 127 Å². The van der Waals surface area contributed by atoms with E-state index in [0.29, 0.717) is 12.2 Å². The van der Waals surface area contributed by atoms with Crippen molar-refractivity contribution in [2.24, 2.45) is 0 Å². The molecule has 1 atom stereocenters. The molecule has 0 aliphatic heterocycles. The fraction of sp³-hybridized carbons (Fsp3) is 0.0714. The third kappa shape index (κ3) is 5.50. The molecule has 2 amide bonds. The molecular weight excluding hydrogens is 507 g/mol. The molecule has 10 heteroatoms. The van der Waals surface area contributed by atoms with E-state index in [9.17, 15) is 17.6 Å². The lowest BCUT2D eigenvalue weighted by Gasteiger charge is -2.21. The van der Waals surface area contributed by atoms with Crippen molar-refractivity contribution in [3.8, 4) is 16.8 Å². The van der Waals surface area contributed by atoms with E-state index in [1.807, 2.05) is 70.0 Å². The van der Waals surface area contributed by atoms with E-state index in [4.69, 9.17) is 4.42 Å². The normalized spacial score (nSPS) is 12.1. The number of nitrogens with one attached hydrogen (secondary N) is 2. The number of benzene rings is 3. The van der Waals surface area contributed by atoms with E-state index in [0.717, 1.165) is 34.5 Å². The molecule has 0 radical (unpaired) electrons. The molecule has 2 N–H and O–H groups in total. The van der Waals surface area contributed by atoms with Crippen LogP contribution in [0.15, 0.2) is 119 Å². The van der Waals surface area contributed by atoms with E-state index < -0.39 is 32.8 Å². The number of amides is 2. The largest absolute Gasteiger partial charge is 0.472 e. The van der Waals surface area contributed by atoms with Gasteiger partial charge in [-0.25, -0.2) is 27.3 Å². The van der Waals surface area contributed by atoms with Crippen LogP contribution in [0.5, 0.6) is 0 Å². The van der Waals surface area contributed by atoms with Gasteiger partial charge in [-0.05, 0) is 47.9 Å². The van der Waals surface area contributed by atoms with E-state index in [1.165, 1.54) is 12.1 Å². The van der Waals surface area contributed by atoms with E-state index in [-0.39, 0.29) is 0 Å². The van der Waals surface area contributed by atoms with Crippen molar-refractivity contribution in [1.29, 1.82) is 0 Å². The molecule has 0 fully saturated rings. The molecule has 0 aliphatic carbocycles. The Hall–Kier alpha value is -4.70. The van der Waals surface area contributed by atoms with Crippen LogP contribution in [0.25, 0.3) is 16.8 Å². The van der Waals surface area contributed by atoms with Crippen molar-refractivity contribution in [1.82, 2.24) is 19.6 Å². The molecule has 192 valence electrons. The van der Waals surface area contributed by atoms with Gasteiger partial charge >= 0.3 is 6.03 Å². The summed E-state index contributed by atoms with van der Waals surface area (Å²) >= 11 is 0. The van der Waals surface area contributed by atoms with Gasteiger partial charge in [0.1, 0.15) is 16.5 Å². The fourth-order valence-corrected chi connectivity index (χ4v) is 5.11. The predicted molar refractivity (Wildman–Crippen MR) is 139 cm³/mol.